The van der Waals surface area contributed by atoms with Crippen molar-refractivity contribution in [2.75, 3.05) is 24.5 Å². The fraction of sp³-hybridized carbons (Fsp3) is 0.310. The van der Waals surface area contributed by atoms with Crippen LogP contribution in [0.2, 0.25) is 10.0 Å². The van der Waals surface area contributed by atoms with Crippen LogP contribution in [0.5, 0.6) is 5.75 Å². The topological polar surface area (TPSA) is 139 Å². The van der Waals surface area contributed by atoms with Crippen LogP contribution in [-0.4, -0.2) is 56.3 Å². The second kappa shape index (κ2) is 14.5. The van der Waals surface area contributed by atoms with Crippen molar-refractivity contribution in [2.45, 2.75) is 44.7 Å². The Morgan fingerprint density at radius 2 is 1.79 bits per heavy atom. The predicted molar refractivity (Wildman–Crippen MR) is 165 cm³/mol. The van der Waals surface area contributed by atoms with E-state index in [-0.39, 0.29) is 28.6 Å². The normalized spacial score (nSPS) is 11.9. The summed E-state index contributed by atoms with van der Waals surface area (Å²) in [6.45, 7) is 4.37. The van der Waals surface area contributed by atoms with Gasteiger partial charge in [-0.2, -0.15) is 0 Å². The summed E-state index contributed by atoms with van der Waals surface area (Å²) in [5.41, 5.74) is 0.306. The van der Waals surface area contributed by atoms with Crippen molar-refractivity contribution in [3.05, 3.63) is 92.0 Å². The van der Waals surface area contributed by atoms with E-state index in [1.165, 1.54) is 56.2 Å². The molecule has 230 valence electrons. The third-order valence-electron chi connectivity index (χ3n) is 6.67. The Bertz CT molecular complexity index is 1620. The highest BCUT2D eigenvalue weighted by Gasteiger charge is 2.35. The Morgan fingerprint density at radius 1 is 1.09 bits per heavy atom. The van der Waals surface area contributed by atoms with Gasteiger partial charge in [-0.05, 0) is 56.2 Å². The Kier molecular flexibility index (Phi) is 11.4. The number of aryl methyl sites for hydroxylation is 1. The molecule has 0 saturated heterocycles. The number of carbonyl (C=O) groups is 2. The summed E-state index contributed by atoms with van der Waals surface area (Å²) in [4.78, 5) is 38.8. The maximum atomic E-state index is 14.1. The lowest BCUT2D eigenvalue weighted by Gasteiger charge is -2.32. The quantitative estimate of drug-likeness (QED) is 0.194. The zero-order valence-electron chi connectivity index (χ0n) is 24.0. The average molecular weight is 652 g/mol. The average Bonchev–Trinajstić information content (AvgIpc) is 2.97. The van der Waals surface area contributed by atoms with E-state index in [4.69, 9.17) is 27.9 Å². The van der Waals surface area contributed by atoms with Gasteiger partial charge in [-0.3, -0.25) is 24.0 Å². The van der Waals surface area contributed by atoms with Crippen LogP contribution in [0.1, 0.15) is 31.4 Å². The maximum absolute atomic E-state index is 14.1. The number of nitrogens with zero attached hydrogens (tertiary/aromatic N) is 3. The molecule has 14 heteroatoms. The zero-order chi connectivity index (χ0) is 31.9. The molecule has 0 aliphatic rings. The molecule has 0 saturated carbocycles. The van der Waals surface area contributed by atoms with Crippen molar-refractivity contribution in [3.8, 4) is 5.75 Å². The minimum atomic E-state index is -4.63. The highest BCUT2D eigenvalue weighted by Crippen LogP contribution is 2.36. The molecule has 1 N–H and O–H groups in total. The Balaban J connectivity index is 2.16. The number of amides is 2. The second-order valence-corrected chi connectivity index (χ2v) is 12.3. The molecule has 0 aliphatic heterocycles. The molecule has 0 spiro atoms. The van der Waals surface area contributed by atoms with Crippen LogP contribution < -0.4 is 14.4 Å². The van der Waals surface area contributed by atoms with Crippen LogP contribution in [0, 0.1) is 17.0 Å². The number of hydrogen-bond acceptors (Lipinski definition) is 7. The second-order valence-electron chi connectivity index (χ2n) is 9.61. The van der Waals surface area contributed by atoms with Gasteiger partial charge in [0.1, 0.15) is 18.3 Å². The molecule has 0 aliphatic carbocycles. The number of hydrogen-bond donors (Lipinski definition) is 1. The third kappa shape index (κ3) is 7.95. The first-order valence-electron chi connectivity index (χ1n) is 13.2. The summed E-state index contributed by atoms with van der Waals surface area (Å²) >= 11 is 12.6. The van der Waals surface area contributed by atoms with E-state index < -0.39 is 49.9 Å². The molecule has 3 aromatic carbocycles. The van der Waals surface area contributed by atoms with E-state index in [0.717, 1.165) is 10.4 Å². The fourth-order valence-corrected chi connectivity index (χ4v) is 6.03. The molecule has 1 unspecified atom stereocenters. The molecule has 0 heterocycles. The molecular formula is C29H32Cl2N4O7S. The lowest BCUT2D eigenvalue weighted by molar-refractivity contribution is -0.385. The van der Waals surface area contributed by atoms with Crippen molar-refractivity contribution in [3.63, 3.8) is 0 Å². The van der Waals surface area contributed by atoms with Gasteiger partial charge in [0.05, 0.1) is 22.6 Å². The predicted octanol–water partition coefficient (Wildman–Crippen LogP) is 5.36. The summed E-state index contributed by atoms with van der Waals surface area (Å²) in [5, 5.41) is 14.9. The fourth-order valence-electron chi connectivity index (χ4n) is 4.23. The number of nitrogens with one attached hydrogen (secondary N) is 1. The van der Waals surface area contributed by atoms with Gasteiger partial charge >= 0.3 is 0 Å². The van der Waals surface area contributed by atoms with Gasteiger partial charge in [0.25, 0.3) is 15.7 Å². The number of sulfonamides is 1. The smallest absolute Gasteiger partial charge is 0.273 e. The lowest BCUT2D eigenvalue weighted by atomic mass is 10.1. The van der Waals surface area contributed by atoms with Gasteiger partial charge in [0, 0.05) is 34.8 Å². The Labute approximate surface area is 260 Å². The van der Waals surface area contributed by atoms with Crippen molar-refractivity contribution in [1.82, 2.24) is 10.2 Å². The molecule has 3 rings (SSSR count). The van der Waals surface area contributed by atoms with E-state index >= 15 is 0 Å². The van der Waals surface area contributed by atoms with Crippen LogP contribution in [0.15, 0.2) is 65.6 Å². The molecule has 2 amide bonds. The van der Waals surface area contributed by atoms with E-state index in [1.807, 2.05) is 6.92 Å². The monoisotopic (exact) mass is 650 g/mol. The SMILES string of the molecule is CCCNC(=O)C(C)N(Cc1ccccc1Cl)C(=O)CN(c1cc(Cl)ccc1OC)S(=O)(=O)c1ccc(C)c([N+](=O)[O-])c1. The summed E-state index contributed by atoms with van der Waals surface area (Å²) in [6.07, 6.45) is 0.667. The highest BCUT2D eigenvalue weighted by atomic mass is 35.5. The number of benzene rings is 3. The highest BCUT2D eigenvalue weighted by molar-refractivity contribution is 7.92. The summed E-state index contributed by atoms with van der Waals surface area (Å²) in [6, 6.07) is 13.4. The van der Waals surface area contributed by atoms with Crippen LogP contribution in [0.4, 0.5) is 11.4 Å². The maximum Gasteiger partial charge on any atom is 0.273 e. The van der Waals surface area contributed by atoms with Crippen molar-refractivity contribution in [1.29, 1.82) is 0 Å². The first-order chi connectivity index (χ1) is 20.3. The van der Waals surface area contributed by atoms with E-state index in [9.17, 15) is 28.1 Å². The van der Waals surface area contributed by atoms with Crippen LogP contribution in [0.25, 0.3) is 0 Å². The van der Waals surface area contributed by atoms with Gasteiger partial charge in [-0.1, -0.05) is 54.4 Å². The minimum Gasteiger partial charge on any atom is -0.495 e. The molecule has 0 aromatic heterocycles. The molecule has 11 nitrogen and oxygen atoms in total. The number of anilines is 1. The molecule has 3 aromatic rings. The number of rotatable bonds is 13. The summed E-state index contributed by atoms with van der Waals surface area (Å²) in [5.74, 6) is -1.11. The van der Waals surface area contributed by atoms with Crippen LogP contribution >= 0.6 is 23.2 Å². The number of nitro benzene ring substituents is 1. The van der Waals surface area contributed by atoms with Gasteiger partial charge in [-0.15, -0.1) is 0 Å². The Morgan fingerprint density at radius 3 is 2.42 bits per heavy atom. The summed E-state index contributed by atoms with van der Waals surface area (Å²) < 4.78 is 34.5. The molecular weight excluding hydrogens is 619 g/mol. The van der Waals surface area contributed by atoms with Gasteiger partial charge in [0.2, 0.25) is 11.8 Å². The van der Waals surface area contributed by atoms with Gasteiger partial charge < -0.3 is 15.0 Å². The molecule has 43 heavy (non-hydrogen) atoms. The van der Waals surface area contributed by atoms with Crippen LogP contribution in [-0.2, 0) is 26.2 Å². The molecule has 1 atom stereocenters. The molecule has 0 fully saturated rings. The minimum absolute atomic E-state index is 0.0765. The van der Waals surface area contributed by atoms with Crippen LogP contribution in [0.3, 0.4) is 0 Å². The summed E-state index contributed by atoms with van der Waals surface area (Å²) in [7, 11) is -3.31. The largest absolute Gasteiger partial charge is 0.495 e. The van der Waals surface area contributed by atoms with E-state index in [1.54, 1.807) is 24.3 Å². The number of nitro groups is 1. The number of carbonyl (C=O) groups excluding carboxylic acids is 2. The number of methoxy groups -OCH3 is 1. The third-order valence-corrected chi connectivity index (χ3v) is 9.03. The Hall–Kier alpha value is -3.87. The first-order valence-corrected chi connectivity index (χ1v) is 15.4. The molecule has 0 bridgehead atoms. The number of halogens is 2. The standard InChI is InChI=1S/C29H32Cl2N4O7S/c1-5-14-32-29(37)20(3)33(17-21-8-6-7-9-24(21)31)28(36)18-34(26-15-22(30)11-13-27(26)42-4)43(40,41)23-12-10-19(2)25(16-23)35(38)39/h6-13,15-16,20H,5,14,17-18H2,1-4H3,(H,32,37). The zero-order valence-corrected chi connectivity index (χ0v) is 26.4. The molecule has 0 radical (unpaired) electrons. The lowest BCUT2D eigenvalue weighted by Crippen LogP contribution is -2.51. The number of ether oxygens (including phenoxy) is 1. The van der Waals surface area contributed by atoms with E-state index in [2.05, 4.69) is 5.32 Å². The van der Waals surface area contributed by atoms with Gasteiger partial charge in [0.15, 0.2) is 0 Å². The first kappa shape index (κ1) is 33.6. The van der Waals surface area contributed by atoms with E-state index in [0.29, 0.717) is 23.6 Å². The van der Waals surface area contributed by atoms with Crippen molar-refractivity contribution in [2.24, 2.45) is 0 Å². The van der Waals surface area contributed by atoms with Crippen molar-refractivity contribution >= 4 is 56.4 Å². The van der Waals surface area contributed by atoms with Crippen molar-refractivity contribution < 1.29 is 27.7 Å². The van der Waals surface area contributed by atoms with Gasteiger partial charge in [-0.25, -0.2) is 8.42 Å².